The molecule has 0 aromatic carbocycles. The quantitative estimate of drug-likeness (QED) is 0.0430. The monoisotopic (exact) mass is 922 g/mol. The number of carbonyl (C=O) groups excluding carboxylic acids is 9. The second-order valence-electron chi connectivity index (χ2n) is 17.5. The number of nitrogens with one attached hydrogen (secondary N) is 7. The molecule has 21 nitrogen and oxygen atoms in total. The number of likely N-dealkylation sites (tertiary alicyclic amines) is 1. The number of aliphatic hydroxyl groups excluding tert-OH is 1. The van der Waals surface area contributed by atoms with E-state index in [0.29, 0.717) is 37.1 Å². The third kappa shape index (κ3) is 18.2. The fourth-order valence-electron chi connectivity index (χ4n) is 7.18. The average Bonchev–Trinajstić information content (AvgIpc) is 3.93. The highest BCUT2D eigenvalue weighted by molar-refractivity contribution is 7.98. The molecule has 2 rings (SSSR count). The first-order valence-electron chi connectivity index (χ1n) is 21.8. The summed E-state index contributed by atoms with van der Waals surface area (Å²) in [6.07, 6.45) is 4.48. The van der Waals surface area contributed by atoms with Crippen LogP contribution in [0.4, 0.5) is 0 Å². The molecule has 1 aromatic rings. The number of hydrogen-bond donors (Lipinski definition) is 10. The van der Waals surface area contributed by atoms with Crippen molar-refractivity contribution in [1.29, 1.82) is 0 Å². The van der Waals surface area contributed by atoms with E-state index >= 15 is 0 Å². The van der Waals surface area contributed by atoms with Gasteiger partial charge in [0.25, 0.3) is 0 Å². The molecule has 1 aliphatic heterocycles. The SMILES string of the molecule is CSCC[C@H](NC(=O)[C@@H](NC(=O)C[C@H](O)[C@H](CC(C)C)NC(=O)[C@@H](NC(=O)[C@H](CCC(N)=O)NC(=O)[C@@H]1CCCN1C(=O)[C@H](C)N)C(C)C)C(C)C)C(=O)N[C@H](C=O)Cc1cnc[nH]1. The van der Waals surface area contributed by atoms with Crippen molar-refractivity contribution in [2.24, 2.45) is 29.2 Å². The van der Waals surface area contributed by atoms with Gasteiger partial charge in [-0.1, -0.05) is 41.5 Å². The van der Waals surface area contributed by atoms with Crippen LogP contribution in [-0.2, 0) is 49.6 Å². The Morgan fingerprint density at radius 3 is 2.03 bits per heavy atom. The van der Waals surface area contributed by atoms with Gasteiger partial charge >= 0.3 is 0 Å². The lowest BCUT2D eigenvalue weighted by atomic mass is 9.95. The molecule has 2 heterocycles. The number of H-pyrrole nitrogens is 1. The van der Waals surface area contributed by atoms with E-state index in [-0.39, 0.29) is 38.0 Å². The lowest BCUT2D eigenvalue weighted by Crippen LogP contribution is -2.59. The first-order valence-corrected chi connectivity index (χ1v) is 23.2. The Morgan fingerprint density at radius 1 is 0.875 bits per heavy atom. The van der Waals surface area contributed by atoms with Gasteiger partial charge in [0.1, 0.15) is 36.5 Å². The van der Waals surface area contributed by atoms with E-state index in [4.69, 9.17) is 11.5 Å². The summed E-state index contributed by atoms with van der Waals surface area (Å²) in [5, 5.41) is 27.5. The highest BCUT2D eigenvalue weighted by atomic mass is 32.2. The molecule has 8 amide bonds. The van der Waals surface area contributed by atoms with Gasteiger partial charge in [0.05, 0.1) is 37.0 Å². The van der Waals surface area contributed by atoms with Gasteiger partial charge in [0, 0.05) is 31.3 Å². The number of aromatic nitrogens is 2. The van der Waals surface area contributed by atoms with Crippen molar-refractivity contribution in [2.45, 2.75) is 154 Å². The number of nitrogens with zero attached hydrogens (tertiary/aromatic N) is 2. The molecule has 360 valence electrons. The lowest BCUT2D eigenvalue weighted by molar-refractivity contribution is -0.140. The second-order valence-corrected chi connectivity index (χ2v) is 18.4. The molecule has 22 heteroatoms. The summed E-state index contributed by atoms with van der Waals surface area (Å²) in [6.45, 7) is 12.3. The fourth-order valence-corrected chi connectivity index (χ4v) is 7.66. The number of hydrogen-bond acceptors (Lipinski definition) is 13. The maximum Gasteiger partial charge on any atom is 0.243 e. The molecule has 0 radical (unpaired) electrons. The minimum absolute atomic E-state index is 0.0790. The van der Waals surface area contributed by atoms with Crippen molar-refractivity contribution in [3.05, 3.63) is 18.2 Å². The van der Waals surface area contributed by atoms with E-state index in [9.17, 15) is 48.3 Å². The Morgan fingerprint density at radius 2 is 1.48 bits per heavy atom. The predicted octanol–water partition coefficient (Wildman–Crippen LogP) is -1.47. The van der Waals surface area contributed by atoms with E-state index in [0.717, 1.165) is 0 Å². The molecule has 1 aliphatic rings. The highest BCUT2D eigenvalue weighted by Gasteiger charge is 2.38. The molecular formula is C42H71N11O10S. The molecule has 0 aliphatic carbocycles. The van der Waals surface area contributed by atoms with Gasteiger partial charge in [0.2, 0.25) is 47.3 Å². The van der Waals surface area contributed by atoms with Crippen LogP contribution in [0.2, 0.25) is 0 Å². The van der Waals surface area contributed by atoms with E-state index in [1.54, 1.807) is 27.7 Å². The van der Waals surface area contributed by atoms with Crippen molar-refractivity contribution < 1.29 is 48.3 Å². The van der Waals surface area contributed by atoms with Crippen LogP contribution >= 0.6 is 11.8 Å². The van der Waals surface area contributed by atoms with Gasteiger partial charge in [-0.05, 0) is 68.8 Å². The van der Waals surface area contributed by atoms with Gasteiger partial charge in [-0.2, -0.15) is 11.8 Å². The second kappa shape index (κ2) is 27.3. The average molecular weight is 922 g/mol. The fraction of sp³-hybridized carbons (Fsp3) is 0.714. The molecular weight excluding hydrogens is 851 g/mol. The summed E-state index contributed by atoms with van der Waals surface area (Å²) in [5.74, 6) is -5.72. The van der Waals surface area contributed by atoms with Crippen molar-refractivity contribution in [3.63, 3.8) is 0 Å². The lowest BCUT2D eigenvalue weighted by Gasteiger charge is -2.31. The van der Waals surface area contributed by atoms with Gasteiger partial charge in [-0.3, -0.25) is 38.4 Å². The molecule has 9 atom stereocenters. The number of aliphatic hydroxyl groups is 1. The molecule has 1 aromatic heterocycles. The van der Waals surface area contributed by atoms with Crippen LogP contribution in [0.3, 0.4) is 0 Å². The molecule has 0 unspecified atom stereocenters. The van der Waals surface area contributed by atoms with Crippen molar-refractivity contribution in [1.82, 2.24) is 46.8 Å². The maximum absolute atomic E-state index is 13.9. The standard InChI is InChI=1S/C42H71N11O10S/c1-22(2)16-30(50-41(62)36(24(5)6)52-38(59)28(11-12-33(44)56)48-39(60)31-10-9-14-53(31)42(63)25(7)43)32(55)18-34(57)51-35(23(3)4)40(61)49-29(13-15-64-8)37(58)47-27(20-54)17-26-19-45-21-46-26/h19-25,27-32,35-36,55H,9-18,43H2,1-8H3,(H2,44,56)(H,45,46)(H,47,58)(H,48,60)(H,49,61)(H,50,62)(H,51,57)(H,52,59)/t25-,27-,28-,29-,30-,31-,32-,35-,36-/m0/s1. The number of imidazole rings is 1. The van der Waals surface area contributed by atoms with E-state index in [2.05, 4.69) is 41.9 Å². The molecule has 0 bridgehead atoms. The molecule has 0 spiro atoms. The summed E-state index contributed by atoms with van der Waals surface area (Å²) in [5.41, 5.74) is 11.8. The van der Waals surface area contributed by atoms with Gasteiger partial charge in [-0.25, -0.2) is 4.98 Å². The normalized spacial score (nSPS) is 17.6. The Hall–Kier alpha value is -5.09. The van der Waals surface area contributed by atoms with Gasteiger partial charge < -0.3 is 63.2 Å². The number of carbonyl (C=O) groups is 9. The third-order valence-electron chi connectivity index (χ3n) is 10.7. The van der Waals surface area contributed by atoms with Gasteiger partial charge in [0.15, 0.2) is 0 Å². The van der Waals surface area contributed by atoms with Crippen LogP contribution in [0.5, 0.6) is 0 Å². The third-order valence-corrected chi connectivity index (χ3v) is 11.3. The van der Waals surface area contributed by atoms with E-state index in [1.165, 1.54) is 36.1 Å². The summed E-state index contributed by atoms with van der Waals surface area (Å²) >= 11 is 1.46. The number of aldehydes is 1. The molecule has 1 fully saturated rings. The number of aromatic amines is 1. The van der Waals surface area contributed by atoms with Crippen LogP contribution in [0, 0.1) is 17.8 Å². The van der Waals surface area contributed by atoms with Crippen LogP contribution < -0.4 is 43.4 Å². The number of nitrogens with two attached hydrogens (primary N) is 2. The number of rotatable bonds is 28. The first-order chi connectivity index (χ1) is 30.1. The van der Waals surface area contributed by atoms with Crippen LogP contribution in [0.1, 0.15) is 99.1 Å². The number of amides is 8. The summed E-state index contributed by atoms with van der Waals surface area (Å²) in [4.78, 5) is 126. The smallest absolute Gasteiger partial charge is 0.243 e. The summed E-state index contributed by atoms with van der Waals surface area (Å²) < 4.78 is 0. The Kier molecular flexibility index (Phi) is 23.5. The zero-order valence-corrected chi connectivity index (χ0v) is 39.1. The number of thioether (sulfide) groups is 1. The molecule has 64 heavy (non-hydrogen) atoms. The summed E-state index contributed by atoms with van der Waals surface area (Å²) in [6, 6.07) is -8.27. The summed E-state index contributed by atoms with van der Waals surface area (Å²) in [7, 11) is 0. The topological polar surface area (TPSA) is 330 Å². The minimum Gasteiger partial charge on any atom is -0.390 e. The van der Waals surface area contributed by atoms with Crippen LogP contribution in [0.15, 0.2) is 12.5 Å². The zero-order valence-electron chi connectivity index (χ0n) is 38.3. The Bertz CT molecular complexity index is 1730. The largest absolute Gasteiger partial charge is 0.390 e. The van der Waals surface area contributed by atoms with Crippen molar-refractivity contribution in [3.8, 4) is 0 Å². The first kappa shape index (κ1) is 55.0. The van der Waals surface area contributed by atoms with Gasteiger partial charge in [-0.15, -0.1) is 0 Å². The Labute approximate surface area is 379 Å². The van der Waals surface area contributed by atoms with Crippen molar-refractivity contribution in [2.75, 3.05) is 18.6 Å². The predicted molar refractivity (Wildman–Crippen MR) is 240 cm³/mol. The minimum atomic E-state index is -1.45. The molecule has 1 saturated heterocycles. The maximum atomic E-state index is 13.9. The molecule has 0 saturated carbocycles. The van der Waals surface area contributed by atoms with E-state index < -0.39 is 120 Å². The molecule has 12 N–H and O–H groups in total. The highest BCUT2D eigenvalue weighted by Crippen LogP contribution is 2.19. The Balaban J connectivity index is 2.18. The van der Waals surface area contributed by atoms with E-state index in [1.807, 2.05) is 20.1 Å². The van der Waals surface area contributed by atoms with Crippen LogP contribution in [0.25, 0.3) is 0 Å². The zero-order chi connectivity index (χ0) is 48.3. The number of primary amides is 1. The van der Waals surface area contributed by atoms with Crippen molar-refractivity contribution >= 4 is 65.3 Å². The van der Waals surface area contributed by atoms with Crippen LogP contribution in [-0.4, -0.2) is 147 Å².